The molecule has 1 aromatic heterocycles. The SMILES string of the molecule is CC(=O)O[C@H]1C[C@@H]([C@]2(C)CO2)[C@H](OC(C)=O)c2oc(cc2C)[C@H]2O[C@@]2(C)C[C@H]2C=C1C(=O)O2. The third-order valence-electron chi connectivity index (χ3n) is 7.01. The normalized spacial score (nSPS) is 39.1. The number of carbonyl (C=O) groups is 3. The number of fused-ring (bicyclic) bond motifs is 5. The van der Waals surface area contributed by atoms with Gasteiger partial charge in [0.15, 0.2) is 6.10 Å². The lowest BCUT2D eigenvalue weighted by molar-refractivity contribution is -0.157. The first-order valence-corrected chi connectivity index (χ1v) is 11.2. The Morgan fingerprint density at radius 3 is 2.45 bits per heavy atom. The summed E-state index contributed by atoms with van der Waals surface area (Å²) in [5.74, 6) is -0.854. The Morgan fingerprint density at radius 2 is 1.82 bits per heavy atom. The molecule has 2 saturated heterocycles. The molecule has 4 aliphatic heterocycles. The van der Waals surface area contributed by atoms with Crippen LogP contribution in [0.5, 0.6) is 0 Å². The predicted octanol–water partition coefficient (Wildman–Crippen LogP) is 3.00. The van der Waals surface area contributed by atoms with E-state index >= 15 is 0 Å². The van der Waals surface area contributed by atoms with Crippen molar-refractivity contribution < 1.29 is 42.5 Å². The maximum absolute atomic E-state index is 12.8. The van der Waals surface area contributed by atoms with Crippen molar-refractivity contribution in [2.24, 2.45) is 5.92 Å². The molecule has 0 aromatic carbocycles. The lowest BCUT2D eigenvalue weighted by Gasteiger charge is -2.31. The molecule has 0 unspecified atom stereocenters. The molecule has 0 amide bonds. The van der Waals surface area contributed by atoms with Gasteiger partial charge in [-0.1, -0.05) is 0 Å². The predicted molar refractivity (Wildman–Crippen MR) is 111 cm³/mol. The number of aryl methyl sites for hydroxylation is 1. The van der Waals surface area contributed by atoms with Crippen LogP contribution in [0.1, 0.15) is 69.8 Å². The molecule has 4 bridgehead atoms. The molecule has 0 N–H and O–H groups in total. The van der Waals surface area contributed by atoms with Crippen molar-refractivity contribution in [1.82, 2.24) is 0 Å². The molecule has 7 atom stereocenters. The Balaban J connectivity index is 1.63. The van der Waals surface area contributed by atoms with Crippen LogP contribution in [-0.4, -0.2) is 47.9 Å². The van der Waals surface area contributed by atoms with Crippen LogP contribution in [0, 0.1) is 12.8 Å². The van der Waals surface area contributed by atoms with Gasteiger partial charge in [0, 0.05) is 26.2 Å². The lowest BCUT2D eigenvalue weighted by Crippen LogP contribution is -2.36. The molecule has 5 rings (SSSR count). The number of rotatable bonds is 3. The van der Waals surface area contributed by atoms with Crippen LogP contribution in [0.4, 0.5) is 0 Å². The number of epoxide rings is 2. The van der Waals surface area contributed by atoms with Gasteiger partial charge >= 0.3 is 17.9 Å². The molecule has 0 radical (unpaired) electrons. The van der Waals surface area contributed by atoms with Crippen LogP contribution < -0.4 is 0 Å². The van der Waals surface area contributed by atoms with E-state index in [0.717, 1.165) is 5.56 Å². The zero-order valence-corrected chi connectivity index (χ0v) is 19.3. The largest absolute Gasteiger partial charge is 0.459 e. The smallest absolute Gasteiger partial charge is 0.338 e. The highest BCUT2D eigenvalue weighted by Gasteiger charge is 2.59. The van der Waals surface area contributed by atoms with Crippen LogP contribution in [0.15, 0.2) is 22.1 Å². The highest BCUT2D eigenvalue weighted by Crippen LogP contribution is 2.55. The first kappa shape index (κ1) is 22.2. The zero-order chi connectivity index (χ0) is 23.7. The second-order valence-electron chi connectivity index (χ2n) is 9.85. The van der Waals surface area contributed by atoms with Crippen LogP contribution in [-0.2, 0) is 38.1 Å². The van der Waals surface area contributed by atoms with E-state index in [2.05, 4.69) is 0 Å². The standard InChI is InChI=1S/C24H28O9/c1-11-6-18-21-23(4,33-21)9-14-7-15(22(27)31-14)17(29-12(2)25)8-16(24(5)10-28-24)20(19(11)32-18)30-13(3)26/h6-7,14,16-17,20-21H,8-10H2,1-5H3/t14-,16-,17+,20+,21-,23+,24+/m1/s1. The van der Waals surface area contributed by atoms with E-state index in [-0.39, 0.29) is 18.1 Å². The topological polar surface area (TPSA) is 117 Å². The number of furan rings is 1. The van der Waals surface area contributed by atoms with Gasteiger partial charge in [0.2, 0.25) is 0 Å². The van der Waals surface area contributed by atoms with E-state index < -0.39 is 53.3 Å². The number of hydrogen-bond donors (Lipinski definition) is 0. The van der Waals surface area contributed by atoms with Crippen molar-refractivity contribution in [3.8, 4) is 0 Å². The van der Waals surface area contributed by atoms with E-state index in [1.165, 1.54) is 13.8 Å². The van der Waals surface area contributed by atoms with Gasteiger partial charge < -0.3 is 28.1 Å². The van der Waals surface area contributed by atoms with Gasteiger partial charge in [0.1, 0.15) is 35.4 Å². The minimum atomic E-state index is -0.886. The van der Waals surface area contributed by atoms with Crippen LogP contribution >= 0.6 is 0 Å². The van der Waals surface area contributed by atoms with Crippen LogP contribution in [0.25, 0.3) is 0 Å². The number of esters is 3. The Labute approximate surface area is 191 Å². The quantitative estimate of drug-likeness (QED) is 0.381. The Morgan fingerprint density at radius 1 is 1.12 bits per heavy atom. The Hall–Kier alpha value is -2.65. The fourth-order valence-corrected chi connectivity index (χ4v) is 5.12. The molecule has 0 spiro atoms. The lowest BCUT2D eigenvalue weighted by atomic mass is 9.81. The minimum Gasteiger partial charge on any atom is -0.459 e. The minimum absolute atomic E-state index is 0.189. The van der Waals surface area contributed by atoms with Crippen molar-refractivity contribution in [2.45, 2.75) is 83.1 Å². The molecular formula is C24H28O9. The molecule has 4 aliphatic rings. The monoisotopic (exact) mass is 460 g/mol. The fourth-order valence-electron chi connectivity index (χ4n) is 5.12. The molecule has 2 fully saturated rings. The molecule has 0 aliphatic carbocycles. The van der Waals surface area contributed by atoms with Crippen LogP contribution in [0.2, 0.25) is 0 Å². The molecule has 0 saturated carbocycles. The zero-order valence-electron chi connectivity index (χ0n) is 19.3. The molecule has 9 nitrogen and oxygen atoms in total. The van der Waals surface area contributed by atoms with Gasteiger partial charge in [-0.15, -0.1) is 0 Å². The van der Waals surface area contributed by atoms with E-state index in [1.54, 1.807) is 6.08 Å². The summed E-state index contributed by atoms with van der Waals surface area (Å²) in [6.07, 6.45) is -0.169. The summed E-state index contributed by atoms with van der Waals surface area (Å²) in [5, 5.41) is 0. The average molecular weight is 460 g/mol. The molecular weight excluding hydrogens is 432 g/mol. The molecule has 5 heterocycles. The summed E-state index contributed by atoms with van der Waals surface area (Å²) in [7, 11) is 0. The number of carbonyl (C=O) groups excluding carboxylic acids is 3. The molecule has 178 valence electrons. The van der Waals surface area contributed by atoms with Crippen molar-refractivity contribution in [3.63, 3.8) is 0 Å². The summed E-state index contributed by atoms with van der Waals surface area (Å²) in [5.41, 5.74) is -0.128. The highest BCUT2D eigenvalue weighted by molar-refractivity contribution is 5.92. The molecule has 9 heteroatoms. The molecule has 33 heavy (non-hydrogen) atoms. The van der Waals surface area contributed by atoms with Crippen LogP contribution in [0.3, 0.4) is 0 Å². The summed E-state index contributed by atoms with van der Waals surface area (Å²) in [6.45, 7) is 8.79. The van der Waals surface area contributed by atoms with Gasteiger partial charge in [-0.05, 0) is 44.9 Å². The number of ether oxygens (including phenoxy) is 5. The van der Waals surface area contributed by atoms with Crippen molar-refractivity contribution in [3.05, 3.63) is 34.8 Å². The summed E-state index contributed by atoms with van der Waals surface area (Å²) in [6, 6.07) is 1.89. The van der Waals surface area contributed by atoms with Gasteiger partial charge in [0.25, 0.3) is 0 Å². The first-order chi connectivity index (χ1) is 15.5. The molecule has 1 aromatic rings. The van der Waals surface area contributed by atoms with Gasteiger partial charge in [0.05, 0.1) is 17.8 Å². The van der Waals surface area contributed by atoms with Crippen molar-refractivity contribution >= 4 is 17.9 Å². The maximum atomic E-state index is 12.8. The van der Waals surface area contributed by atoms with E-state index in [0.29, 0.717) is 24.5 Å². The van der Waals surface area contributed by atoms with Gasteiger partial charge in [-0.2, -0.15) is 0 Å². The Bertz CT molecular complexity index is 1050. The maximum Gasteiger partial charge on any atom is 0.338 e. The van der Waals surface area contributed by atoms with Crippen molar-refractivity contribution in [2.75, 3.05) is 6.61 Å². The third-order valence-corrected chi connectivity index (χ3v) is 7.01. The summed E-state index contributed by atoms with van der Waals surface area (Å²) >= 11 is 0. The van der Waals surface area contributed by atoms with E-state index in [4.69, 9.17) is 28.1 Å². The van der Waals surface area contributed by atoms with E-state index in [1.807, 2.05) is 26.8 Å². The second kappa shape index (κ2) is 7.43. The van der Waals surface area contributed by atoms with Gasteiger partial charge in [-0.3, -0.25) is 9.59 Å². The second-order valence-corrected chi connectivity index (χ2v) is 9.85. The highest BCUT2D eigenvalue weighted by atomic mass is 16.6. The average Bonchev–Trinajstić information content (AvgIpc) is 3.50. The number of hydrogen-bond acceptors (Lipinski definition) is 9. The van der Waals surface area contributed by atoms with Gasteiger partial charge in [-0.25, -0.2) is 4.79 Å². The first-order valence-electron chi connectivity index (χ1n) is 11.2. The Kier molecular flexibility index (Phi) is 4.99. The van der Waals surface area contributed by atoms with Crippen molar-refractivity contribution in [1.29, 1.82) is 0 Å². The summed E-state index contributed by atoms with van der Waals surface area (Å²) in [4.78, 5) is 36.9. The van der Waals surface area contributed by atoms with E-state index in [9.17, 15) is 14.4 Å². The third kappa shape index (κ3) is 3.97. The summed E-state index contributed by atoms with van der Waals surface area (Å²) < 4.78 is 34.9. The fraction of sp³-hybridized carbons (Fsp3) is 0.625.